The van der Waals surface area contributed by atoms with Crippen molar-refractivity contribution in [3.8, 4) is 0 Å². The molecule has 0 unspecified atom stereocenters. The average Bonchev–Trinajstić information content (AvgIpc) is 2.93. The largest absolute Gasteiger partial charge is 0.315 e. The predicted molar refractivity (Wildman–Crippen MR) is 77.4 cm³/mol. The molecular formula is C11H14N2O3S3. The van der Waals surface area contributed by atoms with E-state index >= 15 is 0 Å². The fourth-order valence-electron chi connectivity index (χ4n) is 1.71. The zero-order chi connectivity index (χ0) is 14.0. The molecule has 0 aliphatic heterocycles. The van der Waals surface area contributed by atoms with Gasteiger partial charge in [0.2, 0.25) is 0 Å². The lowest BCUT2D eigenvalue weighted by Gasteiger charge is -2.05. The van der Waals surface area contributed by atoms with Crippen molar-refractivity contribution in [1.82, 2.24) is 9.71 Å². The van der Waals surface area contributed by atoms with E-state index in [0.29, 0.717) is 17.0 Å². The normalized spacial score (nSPS) is 11.9. The Bertz CT molecular complexity index is 724. The zero-order valence-corrected chi connectivity index (χ0v) is 13.0. The van der Waals surface area contributed by atoms with Crippen LogP contribution in [0.25, 0.3) is 0 Å². The first kappa shape index (κ1) is 14.4. The Hall–Kier alpha value is -0.960. The molecular weight excluding hydrogens is 304 g/mol. The van der Waals surface area contributed by atoms with Crippen molar-refractivity contribution >= 4 is 32.7 Å². The minimum absolute atomic E-state index is 0.0621. The van der Waals surface area contributed by atoms with Gasteiger partial charge in [0, 0.05) is 17.1 Å². The van der Waals surface area contributed by atoms with Crippen molar-refractivity contribution in [3.05, 3.63) is 37.2 Å². The summed E-state index contributed by atoms with van der Waals surface area (Å²) in [5, 5.41) is 1.95. The molecule has 0 aromatic carbocycles. The molecule has 0 radical (unpaired) electrons. The van der Waals surface area contributed by atoms with Gasteiger partial charge in [-0.2, -0.15) is 0 Å². The Morgan fingerprint density at radius 3 is 2.74 bits per heavy atom. The van der Waals surface area contributed by atoms with Gasteiger partial charge < -0.3 is 4.98 Å². The van der Waals surface area contributed by atoms with Gasteiger partial charge in [-0.15, -0.1) is 11.3 Å². The van der Waals surface area contributed by atoms with Crippen LogP contribution in [0.3, 0.4) is 0 Å². The highest BCUT2D eigenvalue weighted by molar-refractivity contribution is 7.91. The number of nitrogens with one attached hydrogen (secondary N) is 2. The number of hydrogen-bond donors (Lipinski definition) is 2. The number of thiazole rings is 1. The number of hydrogen-bond acceptors (Lipinski definition) is 5. The summed E-state index contributed by atoms with van der Waals surface area (Å²) in [7, 11) is -3.63. The molecule has 2 heterocycles. The van der Waals surface area contributed by atoms with Gasteiger partial charge in [-0.1, -0.05) is 18.3 Å². The number of aryl methyl sites for hydroxylation is 2. The molecule has 5 nitrogen and oxygen atoms in total. The molecule has 19 heavy (non-hydrogen) atoms. The molecule has 8 heteroatoms. The number of aromatic amines is 1. The van der Waals surface area contributed by atoms with Crippen LogP contribution < -0.4 is 9.60 Å². The van der Waals surface area contributed by atoms with Gasteiger partial charge in [0.15, 0.2) is 4.21 Å². The molecule has 0 amide bonds. The first-order chi connectivity index (χ1) is 8.94. The zero-order valence-electron chi connectivity index (χ0n) is 10.5. The SMILES string of the molecule is CCc1ccsc1CNS(=O)(=O)c1sc(=O)[nH]c1C. The average molecular weight is 318 g/mol. The molecule has 2 rings (SSSR count). The Labute approximate surface area is 119 Å². The Morgan fingerprint density at radius 1 is 1.42 bits per heavy atom. The van der Waals surface area contributed by atoms with Gasteiger partial charge in [0.1, 0.15) is 0 Å². The Morgan fingerprint density at radius 2 is 2.16 bits per heavy atom. The van der Waals surface area contributed by atoms with Gasteiger partial charge in [-0.3, -0.25) is 4.79 Å². The second-order valence-corrected chi connectivity index (χ2v) is 7.92. The van der Waals surface area contributed by atoms with Crippen LogP contribution in [0.2, 0.25) is 0 Å². The second-order valence-electron chi connectivity index (χ2n) is 3.97. The molecule has 0 saturated carbocycles. The molecule has 0 saturated heterocycles. The van der Waals surface area contributed by atoms with E-state index < -0.39 is 10.0 Å². The van der Waals surface area contributed by atoms with Crippen LogP contribution in [-0.4, -0.2) is 13.4 Å². The van der Waals surface area contributed by atoms with Crippen molar-refractivity contribution in [1.29, 1.82) is 0 Å². The van der Waals surface area contributed by atoms with Crippen molar-refractivity contribution in [3.63, 3.8) is 0 Å². The van der Waals surface area contributed by atoms with Crippen LogP contribution in [0.1, 0.15) is 23.1 Å². The number of sulfonamides is 1. The topological polar surface area (TPSA) is 79.0 Å². The van der Waals surface area contributed by atoms with Gasteiger partial charge >= 0.3 is 4.87 Å². The van der Waals surface area contributed by atoms with Crippen LogP contribution >= 0.6 is 22.7 Å². The van der Waals surface area contributed by atoms with Crippen molar-refractivity contribution in [2.45, 2.75) is 31.0 Å². The first-order valence-electron chi connectivity index (χ1n) is 5.68. The molecule has 2 aromatic rings. The minimum atomic E-state index is -3.63. The lowest BCUT2D eigenvalue weighted by molar-refractivity contribution is 0.583. The Balaban J connectivity index is 2.19. The number of H-pyrrole nitrogens is 1. The third kappa shape index (κ3) is 3.14. The van der Waals surface area contributed by atoms with Gasteiger partial charge in [0.05, 0.1) is 0 Å². The number of thiophene rings is 1. The summed E-state index contributed by atoms with van der Waals surface area (Å²) in [5.41, 5.74) is 1.52. The summed E-state index contributed by atoms with van der Waals surface area (Å²) in [6.45, 7) is 3.87. The third-order valence-electron chi connectivity index (χ3n) is 2.67. The van der Waals surface area contributed by atoms with Gasteiger partial charge in [-0.25, -0.2) is 13.1 Å². The molecule has 0 spiro atoms. The maximum atomic E-state index is 12.1. The van der Waals surface area contributed by atoms with Crippen molar-refractivity contribution < 1.29 is 8.42 Å². The standard InChI is InChI=1S/C11H14N2O3S3/c1-3-8-4-5-17-9(8)6-12-19(15,16)10-7(2)13-11(14)18-10/h4-5,12H,3,6H2,1-2H3,(H,13,14). The molecule has 0 atom stereocenters. The lowest BCUT2D eigenvalue weighted by atomic mass is 10.2. The summed E-state index contributed by atoms with van der Waals surface area (Å²) in [5.74, 6) is 0. The van der Waals surface area contributed by atoms with Crippen molar-refractivity contribution in [2.75, 3.05) is 0 Å². The predicted octanol–water partition coefficient (Wildman–Crippen LogP) is 1.85. The van der Waals surface area contributed by atoms with Crippen LogP contribution in [0.5, 0.6) is 0 Å². The monoisotopic (exact) mass is 318 g/mol. The fraction of sp³-hybridized carbons (Fsp3) is 0.364. The lowest BCUT2D eigenvalue weighted by Crippen LogP contribution is -2.23. The molecule has 0 aliphatic carbocycles. The van der Waals surface area contributed by atoms with E-state index in [4.69, 9.17) is 0 Å². The first-order valence-corrected chi connectivity index (χ1v) is 8.86. The summed E-state index contributed by atoms with van der Waals surface area (Å²) in [6, 6.07) is 1.99. The molecule has 0 aliphatic rings. The quantitative estimate of drug-likeness (QED) is 0.883. The van der Waals surface area contributed by atoms with E-state index in [0.717, 1.165) is 16.9 Å². The fourth-order valence-corrected chi connectivity index (χ4v) is 5.06. The van der Waals surface area contributed by atoms with E-state index in [-0.39, 0.29) is 15.6 Å². The van der Waals surface area contributed by atoms with E-state index in [1.807, 2.05) is 18.4 Å². The van der Waals surface area contributed by atoms with Gasteiger partial charge in [0.25, 0.3) is 10.0 Å². The molecule has 2 aromatic heterocycles. The van der Waals surface area contributed by atoms with E-state index in [9.17, 15) is 13.2 Å². The summed E-state index contributed by atoms with van der Waals surface area (Å²) >= 11 is 2.24. The number of rotatable bonds is 5. The minimum Gasteiger partial charge on any atom is -0.315 e. The van der Waals surface area contributed by atoms with Crippen LogP contribution in [0.15, 0.2) is 20.5 Å². The molecule has 104 valence electrons. The van der Waals surface area contributed by atoms with Crippen molar-refractivity contribution in [2.24, 2.45) is 0 Å². The highest BCUT2D eigenvalue weighted by Crippen LogP contribution is 2.20. The Kier molecular flexibility index (Phi) is 4.24. The van der Waals surface area contributed by atoms with Crippen LogP contribution in [0.4, 0.5) is 0 Å². The van der Waals surface area contributed by atoms with E-state index in [1.165, 1.54) is 11.3 Å². The molecule has 2 N–H and O–H groups in total. The molecule has 0 fully saturated rings. The van der Waals surface area contributed by atoms with Crippen LogP contribution in [0, 0.1) is 6.92 Å². The molecule has 0 bridgehead atoms. The highest BCUT2D eigenvalue weighted by atomic mass is 32.2. The number of aromatic nitrogens is 1. The maximum Gasteiger partial charge on any atom is 0.305 e. The maximum absolute atomic E-state index is 12.1. The summed E-state index contributed by atoms with van der Waals surface area (Å²) in [4.78, 5) is 14.3. The summed E-state index contributed by atoms with van der Waals surface area (Å²) in [6.07, 6.45) is 0.872. The van der Waals surface area contributed by atoms with E-state index in [2.05, 4.69) is 9.71 Å². The smallest absolute Gasteiger partial charge is 0.305 e. The third-order valence-corrected chi connectivity index (χ3v) is 6.64. The van der Waals surface area contributed by atoms with Gasteiger partial charge in [-0.05, 0) is 30.4 Å². The second kappa shape index (κ2) is 5.58. The van der Waals surface area contributed by atoms with E-state index in [1.54, 1.807) is 6.92 Å². The summed E-state index contributed by atoms with van der Waals surface area (Å²) < 4.78 is 26.8. The highest BCUT2D eigenvalue weighted by Gasteiger charge is 2.20. The van der Waals surface area contributed by atoms with Crippen LogP contribution in [-0.2, 0) is 23.0 Å².